The van der Waals surface area contributed by atoms with E-state index in [1.54, 1.807) is 19.1 Å². The van der Waals surface area contributed by atoms with Crippen molar-refractivity contribution in [3.8, 4) is 22.8 Å². The van der Waals surface area contributed by atoms with E-state index in [-0.39, 0.29) is 12.7 Å². The Morgan fingerprint density at radius 3 is 2.84 bits per heavy atom. The maximum absolute atomic E-state index is 13.2. The highest BCUT2D eigenvalue weighted by molar-refractivity contribution is 7.22. The van der Waals surface area contributed by atoms with Gasteiger partial charge in [-0.1, -0.05) is 28.6 Å². The average molecular weight is 430 g/mol. The molecule has 0 fully saturated rings. The minimum Gasteiger partial charge on any atom is -0.454 e. The number of nitrogens with one attached hydrogen (secondary N) is 1. The van der Waals surface area contributed by atoms with Crippen LogP contribution in [0.2, 0.25) is 0 Å². The van der Waals surface area contributed by atoms with E-state index in [2.05, 4.69) is 20.4 Å². The highest BCUT2D eigenvalue weighted by Gasteiger charge is 2.23. The zero-order valence-electron chi connectivity index (χ0n) is 16.2. The fourth-order valence-corrected chi connectivity index (χ4v) is 4.45. The summed E-state index contributed by atoms with van der Waals surface area (Å²) in [5.41, 5.74) is 3.44. The predicted molar refractivity (Wildman–Crippen MR) is 116 cm³/mol. The van der Waals surface area contributed by atoms with Gasteiger partial charge >= 0.3 is 0 Å². The molecule has 1 amide bonds. The number of hydrogen-bond donors (Lipinski definition) is 1. The van der Waals surface area contributed by atoms with Gasteiger partial charge in [-0.15, -0.1) is 0 Å². The fourth-order valence-electron chi connectivity index (χ4n) is 3.58. The van der Waals surface area contributed by atoms with Gasteiger partial charge in [0.2, 0.25) is 6.79 Å². The Labute approximate surface area is 179 Å². The summed E-state index contributed by atoms with van der Waals surface area (Å²) in [6.45, 7) is 1.98. The SMILES string of the molecule is Cc1cc(C(=O)Nc2nc3ccccc3s2)c2c(-c3ccc4c(c3)OCO4)noc2n1. The minimum absolute atomic E-state index is 0.176. The highest BCUT2D eigenvalue weighted by atomic mass is 32.1. The number of anilines is 1. The third-order valence-corrected chi connectivity index (χ3v) is 5.93. The van der Waals surface area contributed by atoms with Crippen LogP contribution in [-0.2, 0) is 0 Å². The van der Waals surface area contributed by atoms with Gasteiger partial charge in [0.25, 0.3) is 11.6 Å². The van der Waals surface area contributed by atoms with Crippen molar-refractivity contribution in [1.82, 2.24) is 15.1 Å². The molecule has 5 aromatic rings. The number of hydrogen-bond acceptors (Lipinski definition) is 8. The number of aromatic nitrogens is 3. The fraction of sp³-hybridized carbons (Fsp3) is 0.0909. The molecular weight excluding hydrogens is 416 g/mol. The lowest BCUT2D eigenvalue weighted by atomic mass is 10.0. The van der Waals surface area contributed by atoms with Gasteiger partial charge in [-0.2, -0.15) is 0 Å². The highest BCUT2D eigenvalue weighted by Crippen LogP contribution is 2.38. The summed E-state index contributed by atoms with van der Waals surface area (Å²) in [5.74, 6) is 0.980. The van der Waals surface area contributed by atoms with Crippen LogP contribution in [0.3, 0.4) is 0 Å². The summed E-state index contributed by atoms with van der Waals surface area (Å²) in [6, 6.07) is 14.9. The molecular formula is C22H14N4O4S. The molecule has 0 radical (unpaired) electrons. The summed E-state index contributed by atoms with van der Waals surface area (Å²) in [5, 5.41) is 8.15. The minimum atomic E-state index is -0.306. The average Bonchev–Trinajstić information content (AvgIpc) is 3.49. The van der Waals surface area contributed by atoms with E-state index in [1.807, 2.05) is 36.4 Å². The quantitative estimate of drug-likeness (QED) is 0.439. The first kappa shape index (κ1) is 17.8. The second kappa shape index (κ2) is 6.78. The van der Waals surface area contributed by atoms with E-state index in [1.165, 1.54) is 11.3 Å². The van der Waals surface area contributed by atoms with Crippen molar-refractivity contribution < 1.29 is 18.8 Å². The molecule has 0 saturated carbocycles. The van der Waals surface area contributed by atoms with Crippen LogP contribution in [-0.4, -0.2) is 27.8 Å². The summed E-state index contributed by atoms with van der Waals surface area (Å²) in [7, 11) is 0. The van der Waals surface area contributed by atoms with Crippen molar-refractivity contribution in [2.45, 2.75) is 6.92 Å². The number of ether oxygens (including phenoxy) is 2. The smallest absolute Gasteiger partial charge is 0.259 e. The summed E-state index contributed by atoms with van der Waals surface area (Å²) in [6.07, 6.45) is 0. The van der Waals surface area contributed by atoms with Gasteiger partial charge in [0, 0.05) is 11.3 Å². The Kier molecular flexibility index (Phi) is 3.90. The molecule has 31 heavy (non-hydrogen) atoms. The van der Waals surface area contributed by atoms with E-state index in [9.17, 15) is 4.79 Å². The van der Waals surface area contributed by atoms with Crippen LogP contribution < -0.4 is 14.8 Å². The number of carbonyl (C=O) groups is 1. The Morgan fingerprint density at radius 1 is 1.06 bits per heavy atom. The Bertz CT molecular complexity index is 1460. The molecule has 6 rings (SSSR count). The lowest BCUT2D eigenvalue weighted by molar-refractivity contribution is 0.102. The van der Waals surface area contributed by atoms with Crippen molar-refractivity contribution in [2.75, 3.05) is 12.1 Å². The largest absolute Gasteiger partial charge is 0.454 e. The number of benzene rings is 2. The Balaban J connectivity index is 1.44. The van der Waals surface area contributed by atoms with Crippen LogP contribution in [0.15, 0.2) is 53.1 Å². The number of aryl methyl sites for hydroxylation is 1. The third kappa shape index (κ3) is 2.98. The standard InChI is InChI=1S/C22H14N4O4S/c1-11-8-13(20(27)25-22-24-14-4-2-3-5-17(14)31-22)18-19(26-30-21(18)23-11)12-6-7-15-16(9-12)29-10-28-15/h2-9H,10H2,1H3,(H,24,25,27). The van der Waals surface area contributed by atoms with Crippen LogP contribution in [0.4, 0.5) is 5.13 Å². The molecule has 152 valence electrons. The number of fused-ring (bicyclic) bond motifs is 3. The lowest BCUT2D eigenvalue weighted by Gasteiger charge is -2.06. The van der Waals surface area contributed by atoms with Gasteiger partial charge in [-0.3, -0.25) is 10.1 Å². The van der Waals surface area contributed by atoms with Gasteiger partial charge in [0.05, 0.1) is 21.2 Å². The van der Waals surface area contributed by atoms with Crippen LogP contribution >= 0.6 is 11.3 Å². The van der Waals surface area contributed by atoms with Gasteiger partial charge < -0.3 is 14.0 Å². The first-order valence-electron chi connectivity index (χ1n) is 9.50. The molecule has 8 nitrogen and oxygen atoms in total. The maximum Gasteiger partial charge on any atom is 0.259 e. The normalized spacial score (nSPS) is 12.5. The van der Waals surface area contributed by atoms with Crippen LogP contribution in [0.5, 0.6) is 11.5 Å². The zero-order chi connectivity index (χ0) is 20.9. The number of amides is 1. The van der Waals surface area contributed by atoms with Crippen molar-refractivity contribution >= 4 is 43.7 Å². The van der Waals surface area contributed by atoms with E-state index in [0.29, 0.717) is 44.7 Å². The number of carbonyl (C=O) groups excluding carboxylic acids is 1. The van der Waals surface area contributed by atoms with Crippen molar-refractivity contribution in [3.63, 3.8) is 0 Å². The molecule has 3 aromatic heterocycles. The van der Waals surface area contributed by atoms with E-state index in [4.69, 9.17) is 14.0 Å². The van der Waals surface area contributed by atoms with Crippen LogP contribution in [0, 0.1) is 6.92 Å². The van der Waals surface area contributed by atoms with Crippen molar-refractivity contribution in [2.24, 2.45) is 0 Å². The van der Waals surface area contributed by atoms with Gasteiger partial charge in [-0.05, 0) is 43.3 Å². The molecule has 1 aliphatic heterocycles. The number of para-hydroxylation sites is 1. The monoisotopic (exact) mass is 430 g/mol. The molecule has 0 spiro atoms. The molecule has 0 atom stereocenters. The molecule has 0 bridgehead atoms. The molecule has 1 N–H and O–H groups in total. The van der Waals surface area contributed by atoms with Crippen molar-refractivity contribution in [1.29, 1.82) is 0 Å². The summed E-state index contributed by atoms with van der Waals surface area (Å²) in [4.78, 5) is 22.1. The molecule has 9 heteroatoms. The summed E-state index contributed by atoms with van der Waals surface area (Å²) >= 11 is 1.42. The molecule has 0 saturated heterocycles. The summed E-state index contributed by atoms with van der Waals surface area (Å²) < 4.78 is 17.3. The van der Waals surface area contributed by atoms with Gasteiger partial charge in [0.1, 0.15) is 5.69 Å². The van der Waals surface area contributed by atoms with Gasteiger partial charge in [0.15, 0.2) is 16.6 Å². The molecule has 0 aliphatic carbocycles. The second-order valence-corrected chi connectivity index (χ2v) is 8.06. The van der Waals surface area contributed by atoms with Gasteiger partial charge in [-0.25, -0.2) is 9.97 Å². The van der Waals surface area contributed by atoms with Crippen LogP contribution in [0.1, 0.15) is 16.1 Å². The molecule has 2 aromatic carbocycles. The predicted octanol–water partition coefficient (Wildman–Crippen LogP) is 4.79. The Morgan fingerprint density at radius 2 is 1.94 bits per heavy atom. The third-order valence-electron chi connectivity index (χ3n) is 4.98. The molecule has 1 aliphatic rings. The number of pyridine rings is 1. The van der Waals surface area contributed by atoms with E-state index in [0.717, 1.165) is 15.8 Å². The first-order chi connectivity index (χ1) is 15.2. The molecule has 4 heterocycles. The topological polar surface area (TPSA) is 99.4 Å². The lowest BCUT2D eigenvalue weighted by Crippen LogP contribution is -2.13. The zero-order valence-corrected chi connectivity index (χ0v) is 17.0. The van der Waals surface area contributed by atoms with Crippen LogP contribution in [0.25, 0.3) is 32.6 Å². The van der Waals surface area contributed by atoms with Crippen molar-refractivity contribution in [3.05, 3.63) is 59.8 Å². The van der Waals surface area contributed by atoms with E-state index < -0.39 is 0 Å². The Hall–Kier alpha value is -3.98. The second-order valence-electron chi connectivity index (χ2n) is 7.03. The number of rotatable bonds is 3. The number of thiazole rings is 1. The number of nitrogens with zero attached hydrogens (tertiary/aromatic N) is 3. The van der Waals surface area contributed by atoms with E-state index >= 15 is 0 Å². The maximum atomic E-state index is 13.2. The first-order valence-corrected chi connectivity index (χ1v) is 10.3. The molecule has 0 unspecified atom stereocenters.